The molecule has 2 aromatic carbocycles. The first-order chi connectivity index (χ1) is 14.6. The number of aromatic nitrogens is 3. The van der Waals surface area contributed by atoms with Gasteiger partial charge in [0.15, 0.2) is 0 Å². The SMILES string of the molecule is COc1cc(NC(=O)CSc2ncnc3c2[nH]c2ccc(OC)cc23)cc(OC)c1. The van der Waals surface area contributed by atoms with Crippen LogP contribution in [0.15, 0.2) is 47.8 Å². The van der Waals surface area contributed by atoms with Crippen molar-refractivity contribution in [3.8, 4) is 17.2 Å². The molecule has 0 aliphatic heterocycles. The van der Waals surface area contributed by atoms with Gasteiger partial charge in [0.25, 0.3) is 0 Å². The lowest BCUT2D eigenvalue weighted by Crippen LogP contribution is -2.14. The highest BCUT2D eigenvalue weighted by molar-refractivity contribution is 8.00. The van der Waals surface area contributed by atoms with Crippen LogP contribution in [0.5, 0.6) is 17.2 Å². The number of anilines is 1. The highest BCUT2D eigenvalue weighted by Gasteiger charge is 2.14. The Labute approximate surface area is 177 Å². The van der Waals surface area contributed by atoms with Crippen LogP contribution < -0.4 is 19.5 Å². The van der Waals surface area contributed by atoms with Gasteiger partial charge in [-0.25, -0.2) is 9.97 Å². The van der Waals surface area contributed by atoms with Crippen LogP contribution in [0.2, 0.25) is 0 Å². The molecule has 0 saturated heterocycles. The monoisotopic (exact) mass is 424 g/mol. The number of fused-ring (bicyclic) bond motifs is 3. The minimum Gasteiger partial charge on any atom is -0.497 e. The summed E-state index contributed by atoms with van der Waals surface area (Å²) in [4.78, 5) is 24.6. The number of hydrogen-bond donors (Lipinski definition) is 2. The number of ether oxygens (including phenoxy) is 3. The maximum absolute atomic E-state index is 12.5. The van der Waals surface area contributed by atoms with E-state index >= 15 is 0 Å². The number of thioether (sulfide) groups is 1. The first kappa shape index (κ1) is 19.8. The molecule has 0 radical (unpaired) electrons. The highest BCUT2D eigenvalue weighted by Crippen LogP contribution is 2.32. The van der Waals surface area contributed by atoms with E-state index in [0.29, 0.717) is 22.2 Å². The maximum Gasteiger partial charge on any atom is 0.234 e. The Balaban J connectivity index is 1.53. The summed E-state index contributed by atoms with van der Waals surface area (Å²) in [6, 6.07) is 11.0. The van der Waals surface area contributed by atoms with E-state index < -0.39 is 0 Å². The second-order valence-electron chi connectivity index (χ2n) is 6.38. The van der Waals surface area contributed by atoms with Crippen molar-refractivity contribution in [2.45, 2.75) is 5.03 Å². The van der Waals surface area contributed by atoms with Crippen molar-refractivity contribution in [3.05, 3.63) is 42.7 Å². The number of rotatable bonds is 7. The van der Waals surface area contributed by atoms with Crippen LogP contribution in [0.3, 0.4) is 0 Å². The van der Waals surface area contributed by atoms with E-state index in [4.69, 9.17) is 14.2 Å². The number of nitrogens with zero attached hydrogens (tertiary/aromatic N) is 2. The lowest BCUT2D eigenvalue weighted by atomic mass is 10.2. The van der Waals surface area contributed by atoms with Crippen LogP contribution in [0, 0.1) is 0 Å². The zero-order valence-electron chi connectivity index (χ0n) is 16.7. The summed E-state index contributed by atoms with van der Waals surface area (Å²) in [7, 11) is 4.75. The van der Waals surface area contributed by atoms with Gasteiger partial charge in [-0.15, -0.1) is 0 Å². The number of methoxy groups -OCH3 is 3. The molecule has 9 heteroatoms. The maximum atomic E-state index is 12.5. The summed E-state index contributed by atoms with van der Waals surface area (Å²) >= 11 is 1.33. The zero-order chi connectivity index (χ0) is 21.1. The predicted octanol–water partition coefficient (Wildman–Crippen LogP) is 3.87. The van der Waals surface area contributed by atoms with Gasteiger partial charge in [-0.1, -0.05) is 11.8 Å². The Morgan fingerprint density at radius 2 is 1.73 bits per heavy atom. The fraction of sp³-hybridized carbons (Fsp3) is 0.190. The van der Waals surface area contributed by atoms with E-state index in [1.807, 2.05) is 18.2 Å². The number of amides is 1. The molecular formula is C21H20N4O4S. The van der Waals surface area contributed by atoms with Crippen molar-refractivity contribution in [1.82, 2.24) is 15.0 Å². The van der Waals surface area contributed by atoms with Gasteiger partial charge >= 0.3 is 0 Å². The van der Waals surface area contributed by atoms with Gasteiger partial charge in [-0.2, -0.15) is 0 Å². The summed E-state index contributed by atoms with van der Waals surface area (Å²) in [6.07, 6.45) is 1.50. The fourth-order valence-electron chi connectivity index (χ4n) is 3.10. The molecule has 0 aliphatic rings. The Hall–Kier alpha value is -3.46. The van der Waals surface area contributed by atoms with Gasteiger partial charge < -0.3 is 24.5 Å². The van der Waals surface area contributed by atoms with E-state index in [2.05, 4.69) is 20.3 Å². The van der Waals surface area contributed by atoms with Gasteiger partial charge in [0.2, 0.25) is 5.91 Å². The third kappa shape index (κ3) is 3.97. The topological polar surface area (TPSA) is 98.4 Å². The lowest BCUT2D eigenvalue weighted by molar-refractivity contribution is -0.113. The number of nitrogens with one attached hydrogen (secondary N) is 2. The first-order valence-corrected chi connectivity index (χ1v) is 10.1. The van der Waals surface area contributed by atoms with Gasteiger partial charge in [-0.05, 0) is 18.2 Å². The van der Waals surface area contributed by atoms with E-state index in [-0.39, 0.29) is 11.7 Å². The zero-order valence-corrected chi connectivity index (χ0v) is 17.5. The Morgan fingerprint density at radius 3 is 2.43 bits per heavy atom. The number of benzene rings is 2. The third-order valence-corrected chi connectivity index (χ3v) is 5.52. The quantitative estimate of drug-likeness (QED) is 0.343. The molecule has 0 unspecified atom stereocenters. The summed E-state index contributed by atoms with van der Waals surface area (Å²) in [5, 5.41) is 4.51. The van der Waals surface area contributed by atoms with Gasteiger partial charge in [0, 0.05) is 34.8 Å². The summed E-state index contributed by atoms with van der Waals surface area (Å²) in [5.41, 5.74) is 3.12. The van der Waals surface area contributed by atoms with Crippen molar-refractivity contribution in [2.75, 3.05) is 32.4 Å². The molecule has 4 aromatic rings. The molecule has 8 nitrogen and oxygen atoms in total. The molecule has 0 fully saturated rings. The molecule has 154 valence electrons. The van der Waals surface area contributed by atoms with E-state index in [0.717, 1.165) is 27.7 Å². The normalized spacial score (nSPS) is 10.9. The molecule has 2 N–H and O–H groups in total. The largest absolute Gasteiger partial charge is 0.497 e. The van der Waals surface area contributed by atoms with Gasteiger partial charge in [0.05, 0.1) is 32.6 Å². The third-order valence-electron chi connectivity index (χ3n) is 4.53. The van der Waals surface area contributed by atoms with Crippen LogP contribution in [0.25, 0.3) is 21.9 Å². The minimum atomic E-state index is -0.167. The summed E-state index contributed by atoms with van der Waals surface area (Å²) in [6.45, 7) is 0. The van der Waals surface area contributed by atoms with Crippen LogP contribution in [0.4, 0.5) is 5.69 Å². The number of aromatic amines is 1. The van der Waals surface area contributed by atoms with Crippen LogP contribution >= 0.6 is 11.8 Å². The Morgan fingerprint density at radius 1 is 1.00 bits per heavy atom. The van der Waals surface area contributed by atoms with Gasteiger partial charge in [0.1, 0.15) is 34.1 Å². The number of hydrogen-bond acceptors (Lipinski definition) is 7. The molecule has 2 heterocycles. The molecule has 0 aliphatic carbocycles. The number of carbonyl (C=O) groups is 1. The minimum absolute atomic E-state index is 0.167. The van der Waals surface area contributed by atoms with Crippen molar-refractivity contribution in [3.63, 3.8) is 0 Å². The molecule has 30 heavy (non-hydrogen) atoms. The lowest BCUT2D eigenvalue weighted by Gasteiger charge is -2.09. The van der Waals surface area contributed by atoms with Crippen LogP contribution in [0.1, 0.15) is 0 Å². The molecule has 0 saturated carbocycles. The molecule has 2 aromatic heterocycles. The average Bonchev–Trinajstić information content (AvgIpc) is 3.15. The van der Waals surface area contributed by atoms with E-state index in [1.165, 1.54) is 18.1 Å². The average molecular weight is 424 g/mol. The molecular weight excluding hydrogens is 404 g/mol. The van der Waals surface area contributed by atoms with Crippen molar-refractivity contribution in [2.24, 2.45) is 0 Å². The van der Waals surface area contributed by atoms with Crippen molar-refractivity contribution >= 4 is 45.3 Å². The van der Waals surface area contributed by atoms with Crippen molar-refractivity contribution in [1.29, 1.82) is 0 Å². The predicted molar refractivity (Wildman–Crippen MR) is 117 cm³/mol. The summed E-state index contributed by atoms with van der Waals surface area (Å²) in [5.74, 6) is 1.97. The first-order valence-electron chi connectivity index (χ1n) is 9.07. The second kappa shape index (κ2) is 8.50. The fourth-order valence-corrected chi connectivity index (χ4v) is 3.85. The number of carbonyl (C=O) groups excluding carboxylic acids is 1. The van der Waals surface area contributed by atoms with E-state index in [9.17, 15) is 4.79 Å². The number of H-pyrrole nitrogens is 1. The molecule has 4 rings (SSSR count). The van der Waals surface area contributed by atoms with Crippen molar-refractivity contribution < 1.29 is 19.0 Å². The van der Waals surface area contributed by atoms with Crippen LogP contribution in [-0.4, -0.2) is 47.9 Å². The molecule has 0 spiro atoms. The molecule has 1 amide bonds. The van der Waals surface area contributed by atoms with E-state index in [1.54, 1.807) is 39.5 Å². The second-order valence-corrected chi connectivity index (χ2v) is 7.34. The Kier molecular flexibility index (Phi) is 5.62. The summed E-state index contributed by atoms with van der Waals surface area (Å²) < 4.78 is 15.8. The Bertz CT molecular complexity index is 1200. The van der Waals surface area contributed by atoms with Crippen LogP contribution in [-0.2, 0) is 4.79 Å². The van der Waals surface area contributed by atoms with Gasteiger partial charge in [-0.3, -0.25) is 4.79 Å². The standard InChI is InChI=1S/C21H20N4O4S/c1-27-13-4-5-17-16(9-13)19-20(25-17)21(23-11-22-19)30-10-18(26)24-12-6-14(28-2)8-15(7-12)29-3/h4-9,11,25H,10H2,1-3H3,(H,24,26). The molecule has 0 atom stereocenters. The smallest absolute Gasteiger partial charge is 0.234 e. The molecule has 0 bridgehead atoms. The highest BCUT2D eigenvalue weighted by atomic mass is 32.2.